The number of para-hydroxylation sites is 1. The number of rotatable bonds is 5. The number of halogens is 1. The van der Waals surface area contributed by atoms with Crippen LogP contribution in [0, 0.1) is 31.0 Å². The number of benzene rings is 2. The molecule has 0 amide bonds. The Hall–Kier alpha value is -3.46. The maximum absolute atomic E-state index is 14.6. The van der Waals surface area contributed by atoms with E-state index < -0.39 is 0 Å². The van der Waals surface area contributed by atoms with Crippen molar-refractivity contribution in [3.8, 4) is 6.07 Å². The lowest BCUT2D eigenvalue weighted by Crippen LogP contribution is -2.12. The van der Waals surface area contributed by atoms with E-state index in [1.807, 2.05) is 57.3 Å². The van der Waals surface area contributed by atoms with Gasteiger partial charge in [-0.1, -0.05) is 24.3 Å². The summed E-state index contributed by atoms with van der Waals surface area (Å²) in [6, 6.07) is 16.8. The largest absolute Gasteiger partial charge is 0.363 e. The van der Waals surface area contributed by atoms with Crippen molar-refractivity contribution in [1.82, 2.24) is 10.2 Å². The molecule has 1 N–H and O–H groups in total. The zero-order valence-electron chi connectivity index (χ0n) is 15.5. The molecule has 0 aliphatic carbocycles. The normalized spacial score (nSPS) is 10.3. The van der Waals surface area contributed by atoms with Crippen LogP contribution in [0.15, 0.2) is 48.5 Å². The first-order valence-corrected chi connectivity index (χ1v) is 8.56. The number of hydrogen-bond donors (Lipinski definition) is 1. The van der Waals surface area contributed by atoms with Gasteiger partial charge in [-0.3, -0.25) is 0 Å². The Kier molecular flexibility index (Phi) is 5.32. The second-order valence-electron chi connectivity index (χ2n) is 6.28. The first kappa shape index (κ1) is 18.3. The maximum atomic E-state index is 14.6. The topological polar surface area (TPSA) is 64.8 Å². The average Bonchev–Trinajstić information content (AvgIpc) is 2.69. The van der Waals surface area contributed by atoms with Gasteiger partial charge in [0.2, 0.25) is 0 Å². The first-order chi connectivity index (χ1) is 13.0. The number of aryl methyl sites for hydroxylation is 1. The van der Waals surface area contributed by atoms with Crippen molar-refractivity contribution < 1.29 is 4.39 Å². The van der Waals surface area contributed by atoms with E-state index in [-0.39, 0.29) is 5.82 Å². The van der Waals surface area contributed by atoms with Gasteiger partial charge in [-0.25, -0.2) is 4.39 Å². The zero-order valence-corrected chi connectivity index (χ0v) is 15.5. The molecule has 5 nitrogen and oxygen atoms in total. The van der Waals surface area contributed by atoms with Crippen molar-refractivity contribution in [1.29, 1.82) is 5.26 Å². The van der Waals surface area contributed by atoms with Crippen LogP contribution in [0.2, 0.25) is 0 Å². The summed E-state index contributed by atoms with van der Waals surface area (Å²) in [5, 5.41) is 20.5. The van der Waals surface area contributed by atoms with E-state index in [0.29, 0.717) is 23.6 Å². The van der Waals surface area contributed by atoms with Crippen LogP contribution in [0.5, 0.6) is 0 Å². The Morgan fingerprint density at radius 3 is 2.52 bits per heavy atom. The summed E-state index contributed by atoms with van der Waals surface area (Å²) in [5.74, 6) is 0.0961. The minimum atomic E-state index is -0.313. The summed E-state index contributed by atoms with van der Waals surface area (Å²) in [6.45, 7) is 3.99. The lowest BCUT2D eigenvalue weighted by Gasteiger charge is -2.20. The van der Waals surface area contributed by atoms with Crippen molar-refractivity contribution in [2.45, 2.75) is 20.4 Å². The highest BCUT2D eigenvalue weighted by Crippen LogP contribution is 2.27. The number of nitrogens with one attached hydrogen (secondary N) is 1. The molecule has 0 aliphatic rings. The standard InChI is InChI=1S/C21H20FN5/c1-14-15(2)25-26-21(18(14)12-23)24-13-16-9-10-20(19(22)11-16)27(3)17-7-5-4-6-8-17/h4-11H,13H2,1-3H3,(H,24,26). The van der Waals surface area contributed by atoms with E-state index in [1.54, 1.807) is 11.0 Å². The Balaban J connectivity index is 1.78. The van der Waals surface area contributed by atoms with Gasteiger partial charge in [0.15, 0.2) is 5.82 Å². The van der Waals surface area contributed by atoms with Gasteiger partial charge < -0.3 is 10.2 Å². The molecule has 0 aliphatic heterocycles. The van der Waals surface area contributed by atoms with Crippen LogP contribution in [0.4, 0.5) is 21.6 Å². The third-order valence-electron chi connectivity index (χ3n) is 4.54. The fourth-order valence-electron chi connectivity index (χ4n) is 2.78. The summed E-state index contributed by atoms with van der Waals surface area (Å²) < 4.78 is 14.6. The monoisotopic (exact) mass is 361 g/mol. The second kappa shape index (κ2) is 7.83. The fourth-order valence-corrected chi connectivity index (χ4v) is 2.78. The third-order valence-corrected chi connectivity index (χ3v) is 4.54. The van der Waals surface area contributed by atoms with Gasteiger partial charge in [-0.05, 0) is 49.2 Å². The van der Waals surface area contributed by atoms with E-state index in [4.69, 9.17) is 0 Å². The van der Waals surface area contributed by atoms with Gasteiger partial charge in [0.1, 0.15) is 17.4 Å². The summed E-state index contributed by atoms with van der Waals surface area (Å²) in [6.07, 6.45) is 0. The molecule has 0 unspecified atom stereocenters. The molecule has 0 fully saturated rings. The minimum Gasteiger partial charge on any atom is -0.363 e. The molecule has 6 heteroatoms. The van der Waals surface area contributed by atoms with Gasteiger partial charge in [-0.2, -0.15) is 10.4 Å². The van der Waals surface area contributed by atoms with E-state index in [2.05, 4.69) is 21.6 Å². The Bertz CT molecular complexity index is 995. The quantitative estimate of drug-likeness (QED) is 0.726. The zero-order chi connectivity index (χ0) is 19.4. The van der Waals surface area contributed by atoms with Gasteiger partial charge in [0, 0.05) is 19.3 Å². The molecule has 1 heterocycles. The highest BCUT2D eigenvalue weighted by atomic mass is 19.1. The van der Waals surface area contributed by atoms with Crippen LogP contribution >= 0.6 is 0 Å². The highest BCUT2D eigenvalue weighted by Gasteiger charge is 2.12. The van der Waals surface area contributed by atoms with Gasteiger partial charge in [0.05, 0.1) is 11.4 Å². The van der Waals surface area contributed by atoms with Crippen molar-refractivity contribution in [3.05, 3.63) is 76.7 Å². The molecule has 0 spiro atoms. The van der Waals surface area contributed by atoms with E-state index in [0.717, 1.165) is 22.5 Å². The number of aromatic nitrogens is 2. The molecule has 0 saturated heterocycles. The summed E-state index contributed by atoms with van der Waals surface area (Å²) >= 11 is 0. The predicted octanol–water partition coefficient (Wildman–Crippen LogP) is 4.48. The molecule has 2 aromatic carbocycles. The summed E-state index contributed by atoms with van der Waals surface area (Å²) in [5.41, 5.74) is 4.13. The molecule has 0 bridgehead atoms. The molecule has 0 atom stereocenters. The van der Waals surface area contributed by atoms with Crippen molar-refractivity contribution in [2.75, 3.05) is 17.3 Å². The van der Waals surface area contributed by atoms with Crippen LogP contribution in [-0.2, 0) is 6.54 Å². The molecule has 3 rings (SSSR count). The molecular formula is C21H20FN5. The Labute approximate surface area is 158 Å². The highest BCUT2D eigenvalue weighted by molar-refractivity contribution is 5.63. The smallest absolute Gasteiger partial charge is 0.167 e. The van der Waals surface area contributed by atoms with Gasteiger partial charge >= 0.3 is 0 Å². The number of nitrogens with zero attached hydrogens (tertiary/aromatic N) is 4. The predicted molar refractivity (Wildman–Crippen MR) is 104 cm³/mol. The molecule has 136 valence electrons. The Morgan fingerprint density at radius 1 is 1.11 bits per heavy atom. The SMILES string of the molecule is Cc1nnc(NCc2ccc(N(C)c3ccccc3)c(F)c2)c(C#N)c1C. The molecule has 1 aromatic heterocycles. The van der Waals surface area contributed by atoms with Crippen LogP contribution in [0.25, 0.3) is 0 Å². The van der Waals surface area contributed by atoms with Crippen molar-refractivity contribution in [3.63, 3.8) is 0 Å². The average molecular weight is 361 g/mol. The van der Waals surface area contributed by atoms with Crippen molar-refractivity contribution in [2.24, 2.45) is 0 Å². The minimum absolute atomic E-state index is 0.313. The lowest BCUT2D eigenvalue weighted by molar-refractivity contribution is 0.625. The second-order valence-corrected chi connectivity index (χ2v) is 6.28. The molecule has 0 saturated carbocycles. The fraction of sp³-hybridized carbons (Fsp3) is 0.190. The van der Waals surface area contributed by atoms with Gasteiger partial charge in [-0.15, -0.1) is 5.10 Å². The lowest BCUT2D eigenvalue weighted by atomic mass is 10.1. The molecular weight excluding hydrogens is 341 g/mol. The van der Waals surface area contributed by atoms with Crippen molar-refractivity contribution >= 4 is 17.2 Å². The van der Waals surface area contributed by atoms with Crippen LogP contribution in [-0.4, -0.2) is 17.2 Å². The summed E-state index contributed by atoms with van der Waals surface area (Å²) in [7, 11) is 1.83. The van der Waals surface area contributed by atoms with E-state index in [1.165, 1.54) is 6.07 Å². The summed E-state index contributed by atoms with van der Waals surface area (Å²) in [4.78, 5) is 1.80. The number of hydrogen-bond acceptors (Lipinski definition) is 5. The number of nitriles is 1. The number of anilines is 3. The van der Waals surface area contributed by atoms with Crippen LogP contribution in [0.1, 0.15) is 22.4 Å². The first-order valence-electron chi connectivity index (χ1n) is 8.56. The molecule has 27 heavy (non-hydrogen) atoms. The van der Waals surface area contributed by atoms with Crippen LogP contribution in [0.3, 0.4) is 0 Å². The third kappa shape index (κ3) is 3.87. The Morgan fingerprint density at radius 2 is 1.85 bits per heavy atom. The molecule has 3 aromatic rings. The maximum Gasteiger partial charge on any atom is 0.167 e. The molecule has 0 radical (unpaired) electrons. The van der Waals surface area contributed by atoms with Gasteiger partial charge in [0.25, 0.3) is 0 Å². The van der Waals surface area contributed by atoms with E-state index in [9.17, 15) is 9.65 Å². The van der Waals surface area contributed by atoms with Crippen LogP contribution < -0.4 is 10.2 Å². The van der Waals surface area contributed by atoms with E-state index >= 15 is 0 Å².